The van der Waals surface area contributed by atoms with Crippen molar-refractivity contribution in [1.29, 1.82) is 0 Å². The Bertz CT molecular complexity index is 629. The number of benzene rings is 3. The summed E-state index contributed by atoms with van der Waals surface area (Å²) in [5, 5.41) is 0. The van der Waals surface area contributed by atoms with Crippen LogP contribution in [0.2, 0.25) is 0 Å². The molecule has 0 aliphatic carbocycles. The Morgan fingerprint density at radius 1 is 0.409 bits per heavy atom. The summed E-state index contributed by atoms with van der Waals surface area (Å²) < 4.78 is 0. The molecule has 0 fully saturated rings. The van der Waals surface area contributed by atoms with Gasteiger partial charge in [-0.1, -0.05) is 58.0 Å². The lowest BCUT2D eigenvalue weighted by atomic mass is 10.1. The molecule has 0 atom stereocenters. The molecule has 1 nitrogen and oxygen atoms in total. The van der Waals surface area contributed by atoms with Gasteiger partial charge in [-0.2, -0.15) is 0 Å². The molecule has 0 saturated heterocycles. The molecule has 3 rings (SSSR count). The topological polar surface area (TPSA) is 5.90 Å². The van der Waals surface area contributed by atoms with Crippen molar-refractivity contribution in [3.05, 3.63) is 89.5 Å². The fourth-order valence-electron chi connectivity index (χ4n) is 2.53. The summed E-state index contributed by atoms with van der Waals surface area (Å²) in [6.45, 7) is 6.35. The maximum absolute atomic E-state index is 2.29. The van der Waals surface area contributed by atoms with E-state index in [1.807, 2.05) is 0 Å². The zero-order chi connectivity index (χ0) is 15.5. The van der Waals surface area contributed by atoms with Crippen molar-refractivity contribution >= 4 is 17.1 Å². The molecule has 0 bridgehead atoms. The van der Waals surface area contributed by atoms with Gasteiger partial charge >= 0.3 is 0 Å². The van der Waals surface area contributed by atoms with Crippen LogP contribution in [0.5, 0.6) is 0 Å². The first-order valence-electron chi connectivity index (χ1n) is 7.63. The van der Waals surface area contributed by atoms with Gasteiger partial charge in [-0.25, -0.2) is 0 Å². The van der Waals surface area contributed by atoms with Crippen molar-refractivity contribution in [2.45, 2.75) is 20.8 Å². The molecule has 1 radical (unpaired) electrons. The first-order chi connectivity index (χ1) is 10.6. The first kappa shape index (κ1) is 14.6. The van der Waals surface area contributed by atoms with Gasteiger partial charge in [0.2, 0.25) is 0 Å². The van der Waals surface area contributed by atoms with Gasteiger partial charge in [-0.05, 0) is 20.8 Å². The summed E-state index contributed by atoms with van der Waals surface area (Å²) in [4.78, 5) is 2.29. The fraction of sp³-hybridized carbons (Fsp3) is 0.143. The molecule has 0 saturated carbocycles. The van der Waals surface area contributed by atoms with Crippen molar-refractivity contribution in [3.8, 4) is 0 Å². The molecule has 3 aromatic carbocycles. The Morgan fingerprint density at radius 3 is 0.864 bits per heavy atom. The summed E-state index contributed by atoms with van der Waals surface area (Å²) in [5.74, 6) is 0. The van der Waals surface area contributed by atoms with Crippen LogP contribution >= 0.6 is 0 Å². The molecule has 0 heterocycles. The van der Waals surface area contributed by atoms with E-state index in [9.17, 15) is 0 Å². The minimum atomic E-state index is 1.18. The summed E-state index contributed by atoms with van der Waals surface area (Å²) in [5.41, 5.74) is 7.36. The number of hydrogen-bond acceptors (Lipinski definition) is 1. The number of hydrogen-bond donors (Lipinski definition) is 0. The average Bonchev–Trinajstić information content (AvgIpc) is 2.53. The van der Waals surface area contributed by atoms with Gasteiger partial charge in [0.15, 0.2) is 17.1 Å². The van der Waals surface area contributed by atoms with E-state index in [4.69, 9.17) is 0 Å². The maximum Gasteiger partial charge on any atom is 0.192 e. The minimum absolute atomic E-state index is 1.18. The normalized spacial score (nSPS) is 10.9. The summed E-state index contributed by atoms with van der Waals surface area (Å²) in [7, 11) is 0. The molecule has 3 aromatic rings. The van der Waals surface area contributed by atoms with Crippen molar-refractivity contribution in [2.75, 3.05) is 0 Å². The molecule has 0 unspecified atom stereocenters. The maximum atomic E-state index is 2.29. The Labute approximate surface area is 132 Å². The van der Waals surface area contributed by atoms with Gasteiger partial charge in [-0.15, -0.1) is 0 Å². The quantitative estimate of drug-likeness (QED) is 0.517. The number of nitrogens with zero attached hydrogens (tertiary/aromatic N) is 1. The zero-order valence-electron chi connectivity index (χ0n) is 13.4. The van der Waals surface area contributed by atoms with E-state index in [-0.39, 0.29) is 0 Å². The van der Waals surface area contributed by atoms with Crippen LogP contribution in [0, 0.1) is 20.8 Å². The van der Waals surface area contributed by atoms with Crippen molar-refractivity contribution < 1.29 is 0 Å². The van der Waals surface area contributed by atoms with Crippen LogP contribution in [-0.4, -0.2) is 0 Å². The summed E-state index contributed by atoms with van der Waals surface area (Å²) in [6.07, 6.45) is 0. The van der Waals surface area contributed by atoms with Gasteiger partial charge in [0, 0.05) is 36.4 Å². The second-order valence-corrected chi connectivity index (χ2v) is 5.84. The number of aryl methyl sites for hydroxylation is 3. The summed E-state index contributed by atoms with van der Waals surface area (Å²) in [6, 6.07) is 26.0. The Kier molecular flexibility index (Phi) is 4.08. The molecule has 0 aromatic heterocycles. The molecule has 0 spiro atoms. The largest absolute Gasteiger partial charge is 0.192 e. The molecule has 22 heavy (non-hydrogen) atoms. The number of anilines is 3. The zero-order valence-corrected chi connectivity index (χ0v) is 13.4. The van der Waals surface area contributed by atoms with Gasteiger partial charge in [0.25, 0.3) is 0 Å². The SMILES string of the molecule is Cc1ccc([N+](c2ccc(C)cc2)c2ccc(C)cc2)cc1. The van der Waals surface area contributed by atoms with Crippen molar-refractivity contribution in [2.24, 2.45) is 0 Å². The van der Waals surface area contributed by atoms with E-state index >= 15 is 0 Å². The van der Waals surface area contributed by atoms with Crippen LogP contribution in [0.15, 0.2) is 72.8 Å². The fourth-order valence-corrected chi connectivity index (χ4v) is 2.53. The number of rotatable bonds is 3. The lowest BCUT2D eigenvalue weighted by Gasteiger charge is -2.11. The molecule has 0 N–H and O–H groups in total. The van der Waals surface area contributed by atoms with E-state index in [0.29, 0.717) is 0 Å². The minimum Gasteiger partial charge on any atom is -0.0593 e. The van der Waals surface area contributed by atoms with E-state index in [1.165, 1.54) is 33.8 Å². The van der Waals surface area contributed by atoms with E-state index in [0.717, 1.165) is 0 Å². The highest BCUT2D eigenvalue weighted by Gasteiger charge is 2.25. The highest BCUT2D eigenvalue weighted by molar-refractivity contribution is 5.65. The van der Waals surface area contributed by atoms with Gasteiger partial charge in [0.05, 0.1) is 0 Å². The molecule has 1 heteroatoms. The van der Waals surface area contributed by atoms with Crippen LogP contribution < -0.4 is 4.90 Å². The third-order valence-corrected chi connectivity index (χ3v) is 3.88. The smallest absolute Gasteiger partial charge is 0.0593 e. The monoisotopic (exact) mass is 287 g/mol. The highest BCUT2D eigenvalue weighted by atomic mass is 15.1. The Balaban J connectivity index is 2.10. The molecular formula is C21H21N+. The van der Waals surface area contributed by atoms with Crippen molar-refractivity contribution in [3.63, 3.8) is 0 Å². The Hall–Kier alpha value is -2.38. The first-order valence-corrected chi connectivity index (χ1v) is 7.63. The molecule has 0 aliphatic heterocycles. The van der Waals surface area contributed by atoms with E-state index in [1.54, 1.807) is 0 Å². The highest BCUT2D eigenvalue weighted by Crippen LogP contribution is 2.33. The standard InChI is InChI=1S/C21H21N/c1-16-4-10-19(11-5-16)22(20-12-6-17(2)7-13-20)21-14-8-18(3)9-15-21/h4-15H,1-3H3/q+1. The van der Waals surface area contributed by atoms with E-state index < -0.39 is 0 Å². The molecule has 0 aliphatic rings. The molecule has 0 amide bonds. The molecule has 109 valence electrons. The second-order valence-electron chi connectivity index (χ2n) is 5.84. The summed E-state index contributed by atoms with van der Waals surface area (Å²) >= 11 is 0. The van der Waals surface area contributed by atoms with Gasteiger partial charge in [0.1, 0.15) is 0 Å². The lowest BCUT2D eigenvalue weighted by molar-refractivity contribution is 0.928. The third-order valence-electron chi connectivity index (χ3n) is 3.88. The van der Waals surface area contributed by atoms with Crippen molar-refractivity contribution in [1.82, 2.24) is 4.90 Å². The van der Waals surface area contributed by atoms with E-state index in [2.05, 4.69) is 98.5 Å². The van der Waals surface area contributed by atoms with Gasteiger partial charge < -0.3 is 0 Å². The molecular weight excluding hydrogens is 266 g/mol. The van der Waals surface area contributed by atoms with Crippen LogP contribution in [0.1, 0.15) is 16.7 Å². The Morgan fingerprint density at radius 2 is 0.636 bits per heavy atom. The van der Waals surface area contributed by atoms with Crippen LogP contribution in [0.4, 0.5) is 17.1 Å². The second kappa shape index (κ2) is 6.17. The van der Waals surface area contributed by atoms with Crippen LogP contribution in [-0.2, 0) is 0 Å². The van der Waals surface area contributed by atoms with Crippen LogP contribution in [0.25, 0.3) is 0 Å². The lowest BCUT2D eigenvalue weighted by Crippen LogP contribution is -2.11. The average molecular weight is 287 g/mol. The predicted octanol–water partition coefficient (Wildman–Crippen LogP) is 6.05. The van der Waals surface area contributed by atoms with Crippen LogP contribution in [0.3, 0.4) is 0 Å². The third kappa shape index (κ3) is 3.10. The van der Waals surface area contributed by atoms with Gasteiger partial charge in [-0.3, -0.25) is 0 Å². The predicted molar refractivity (Wildman–Crippen MR) is 94.7 cm³/mol.